The average molecular weight is 710 g/mol. The van der Waals surface area contributed by atoms with Crippen molar-refractivity contribution in [3.05, 3.63) is 209 Å². The van der Waals surface area contributed by atoms with Crippen molar-refractivity contribution in [2.75, 3.05) is 4.90 Å². The van der Waals surface area contributed by atoms with Gasteiger partial charge in [0.15, 0.2) is 0 Å². The highest BCUT2D eigenvalue weighted by Crippen LogP contribution is 2.59. The largest absolute Gasteiger partial charge is 0.310 e. The van der Waals surface area contributed by atoms with E-state index in [0.717, 1.165) is 11.8 Å². The van der Waals surface area contributed by atoms with Gasteiger partial charge in [-0.3, -0.25) is 0 Å². The van der Waals surface area contributed by atoms with Crippen molar-refractivity contribution >= 4 is 17.1 Å². The molecule has 0 N–H and O–H groups in total. The van der Waals surface area contributed by atoms with Gasteiger partial charge in [0.25, 0.3) is 0 Å². The Morgan fingerprint density at radius 1 is 0.491 bits per heavy atom. The Hall–Kier alpha value is -5.66. The number of anilines is 3. The molecule has 55 heavy (non-hydrogen) atoms. The quantitative estimate of drug-likeness (QED) is 0.159. The highest BCUT2D eigenvalue weighted by molar-refractivity contribution is 5.90. The number of aryl methyl sites for hydroxylation is 1. The van der Waals surface area contributed by atoms with Crippen LogP contribution in [0.25, 0.3) is 22.3 Å². The third-order valence-electron chi connectivity index (χ3n) is 13.8. The summed E-state index contributed by atoms with van der Waals surface area (Å²) in [5.41, 5.74) is 18.6. The molecule has 0 amide bonds. The first kappa shape index (κ1) is 32.7. The van der Waals surface area contributed by atoms with Gasteiger partial charge in [-0.15, -0.1) is 0 Å². The third kappa shape index (κ3) is 5.20. The molecular formula is C54H47N. The van der Waals surface area contributed by atoms with Gasteiger partial charge in [0.05, 0.1) is 5.41 Å². The molecule has 268 valence electrons. The monoisotopic (exact) mass is 709 g/mol. The Morgan fingerprint density at radius 2 is 1.16 bits per heavy atom. The van der Waals surface area contributed by atoms with Gasteiger partial charge >= 0.3 is 0 Å². The van der Waals surface area contributed by atoms with Crippen molar-refractivity contribution < 1.29 is 0 Å². The van der Waals surface area contributed by atoms with Gasteiger partial charge in [-0.1, -0.05) is 146 Å². The van der Waals surface area contributed by atoms with Gasteiger partial charge in [0.1, 0.15) is 0 Å². The minimum absolute atomic E-state index is 0.448. The number of para-hydroxylation sites is 1. The summed E-state index contributed by atoms with van der Waals surface area (Å²) in [6.45, 7) is 0. The summed E-state index contributed by atoms with van der Waals surface area (Å²) in [5, 5.41) is 0. The summed E-state index contributed by atoms with van der Waals surface area (Å²) in [6, 6.07) is 64.7. The van der Waals surface area contributed by atoms with E-state index in [4.69, 9.17) is 0 Å². The van der Waals surface area contributed by atoms with Gasteiger partial charge in [-0.05, 0) is 154 Å². The molecule has 0 saturated heterocycles. The molecule has 7 aromatic carbocycles. The lowest BCUT2D eigenvalue weighted by atomic mass is 9.67. The van der Waals surface area contributed by atoms with Gasteiger partial charge in [0, 0.05) is 17.1 Å². The molecule has 2 fully saturated rings. The fourth-order valence-corrected chi connectivity index (χ4v) is 11.5. The lowest BCUT2D eigenvalue weighted by molar-refractivity contribution is 0.420. The van der Waals surface area contributed by atoms with E-state index < -0.39 is 5.41 Å². The lowest BCUT2D eigenvalue weighted by Crippen LogP contribution is -2.28. The molecule has 4 aliphatic carbocycles. The van der Waals surface area contributed by atoms with Crippen LogP contribution in [-0.4, -0.2) is 0 Å². The Bertz CT molecular complexity index is 2470. The van der Waals surface area contributed by atoms with Gasteiger partial charge < -0.3 is 4.90 Å². The number of hydrogen-bond donors (Lipinski definition) is 0. The minimum Gasteiger partial charge on any atom is -0.310 e. The summed E-state index contributed by atoms with van der Waals surface area (Å²) >= 11 is 0. The highest BCUT2D eigenvalue weighted by Gasteiger charge is 2.46. The SMILES string of the molecule is c1ccc(C2(c3ccccc3)c3ccccc3-c3ccc(N(c4ccc(-c5cccc6c5CCCC6)cc4)c4ccccc4C4CC5CCC4C5)cc32)cc1. The molecule has 0 heterocycles. The first-order valence-electron chi connectivity index (χ1n) is 20.7. The number of fused-ring (bicyclic) bond motifs is 6. The number of nitrogens with zero attached hydrogens (tertiary/aromatic N) is 1. The van der Waals surface area contributed by atoms with E-state index in [1.54, 1.807) is 5.56 Å². The van der Waals surface area contributed by atoms with Crippen LogP contribution in [0, 0.1) is 11.8 Å². The predicted molar refractivity (Wildman–Crippen MR) is 229 cm³/mol. The van der Waals surface area contributed by atoms with E-state index in [2.05, 4.69) is 175 Å². The fourth-order valence-electron chi connectivity index (χ4n) is 11.5. The van der Waals surface area contributed by atoms with Crippen LogP contribution in [0.3, 0.4) is 0 Å². The summed E-state index contributed by atoms with van der Waals surface area (Å²) in [5.74, 6) is 2.28. The van der Waals surface area contributed by atoms with E-state index in [-0.39, 0.29) is 0 Å². The van der Waals surface area contributed by atoms with Gasteiger partial charge in [-0.25, -0.2) is 0 Å². The van der Waals surface area contributed by atoms with Crippen LogP contribution in [0.15, 0.2) is 170 Å². The predicted octanol–water partition coefficient (Wildman–Crippen LogP) is 14.0. The molecule has 0 radical (unpaired) electrons. The molecule has 3 unspecified atom stereocenters. The molecule has 0 aromatic heterocycles. The molecule has 1 heteroatoms. The van der Waals surface area contributed by atoms with E-state index in [1.165, 1.54) is 124 Å². The van der Waals surface area contributed by atoms with Crippen molar-refractivity contribution in [2.24, 2.45) is 11.8 Å². The molecule has 11 rings (SSSR count). The second-order valence-corrected chi connectivity index (χ2v) is 16.6. The molecular weight excluding hydrogens is 663 g/mol. The minimum atomic E-state index is -0.448. The summed E-state index contributed by atoms with van der Waals surface area (Å²) in [4.78, 5) is 2.59. The maximum atomic E-state index is 2.59. The molecule has 0 aliphatic heterocycles. The normalized spacial score (nSPS) is 20.1. The van der Waals surface area contributed by atoms with E-state index >= 15 is 0 Å². The molecule has 0 spiro atoms. The van der Waals surface area contributed by atoms with Crippen LogP contribution in [0.1, 0.15) is 83.4 Å². The van der Waals surface area contributed by atoms with E-state index in [0.29, 0.717) is 5.92 Å². The van der Waals surface area contributed by atoms with Crippen LogP contribution in [-0.2, 0) is 18.3 Å². The zero-order valence-corrected chi connectivity index (χ0v) is 31.5. The van der Waals surface area contributed by atoms with Gasteiger partial charge in [-0.2, -0.15) is 0 Å². The molecule has 4 aliphatic rings. The van der Waals surface area contributed by atoms with E-state index in [1.807, 2.05) is 0 Å². The molecule has 1 nitrogen and oxygen atoms in total. The molecule has 3 atom stereocenters. The van der Waals surface area contributed by atoms with Gasteiger partial charge in [0.2, 0.25) is 0 Å². The Morgan fingerprint density at radius 3 is 1.93 bits per heavy atom. The first-order chi connectivity index (χ1) is 27.3. The lowest BCUT2D eigenvalue weighted by Gasteiger charge is -2.35. The standard InChI is InChI=1S/C54H47N/c1-3-16-41(17-4-1)54(42-18-5-2-6-19-42)51-24-11-9-21-47(51)48-33-32-44(36-52(48)54)55(53-25-12-10-22-49(53)50-35-37-26-27-40(50)34-37)43-30-28-39(29-31-43)46-23-13-15-38-14-7-8-20-45(38)46/h1-6,9-13,15-19,21-25,28-33,36-37,40,50H,7-8,14,20,26-27,34-35H2. The van der Waals surface area contributed by atoms with Crippen LogP contribution in [0.2, 0.25) is 0 Å². The second kappa shape index (κ2) is 13.3. The van der Waals surface area contributed by atoms with E-state index in [9.17, 15) is 0 Å². The molecule has 2 bridgehead atoms. The molecule has 2 saturated carbocycles. The zero-order valence-electron chi connectivity index (χ0n) is 31.5. The van der Waals surface area contributed by atoms with Crippen LogP contribution in [0.5, 0.6) is 0 Å². The summed E-state index contributed by atoms with van der Waals surface area (Å²) in [6.07, 6.45) is 10.4. The van der Waals surface area contributed by atoms with Crippen LogP contribution in [0.4, 0.5) is 17.1 Å². The third-order valence-corrected chi connectivity index (χ3v) is 13.8. The molecule has 7 aromatic rings. The first-order valence-corrected chi connectivity index (χ1v) is 20.7. The topological polar surface area (TPSA) is 3.24 Å². The number of rotatable bonds is 7. The number of hydrogen-bond acceptors (Lipinski definition) is 1. The van der Waals surface area contributed by atoms with Crippen LogP contribution >= 0.6 is 0 Å². The second-order valence-electron chi connectivity index (χ2n) is 16.6. The Balaban J connectivity index is 1.12. The van der Waals surface area contributed by atoms with Crippen molar-refractivity contribution in [3.8, 4) is 22.3 Å². The zero-order chi connectivity index (χ0) is 36.3. The van der Waals surface area contributed by atoms with Crippen molar-refractivity contribution in [2.45, 2.75) is 62.7 Å². The smallest absolute Gasteiger partial charge is 0.0714 e. The summed E-state index contributed by atoms with van der Waals surface area (Å²) in [7, 11) is 0. The van der Waals surface area contributed by atoms with Crippen molar-refractivity contribution in [1.29, 1.82) is 0 Å². The highest BCUT2D eigenvalue weighted by atomic mass is 15.1. The number of benzene rings is 7. The fraction of sp³-hybridized carbons (Fsp3) is 0.222. The maximum Gasteiger partial charge on any atom is 0.0714 e. The Kier molecular flexibility index (Phi) is 7.90. The van der Waals surface area contributed by atoms with Crippen molar-refractivity contribution in [1.82, 2.24) is 0 Å². The van der Waals surface area contributed by atoms with Crippen molar-refractivity contribution in [3.63, 3.8) is 0 Å². The average Bonchev–Trinajstić information content (AvgIpc) is 3.98. The van der Waals surface area contributed by atoms with Crippen LogP contribution < -0.4 is 4.90 Å². The maximum absolute atomic E-state index is 2.59. The Labute approximate surface area is 326 Å². The summed E-state index contributed by atoms with van der Waals surface area (Å²) < 4.78 is 0.